The maximum absolute atomic E-state index is 11.6. The van der Waals surface area contributed by atoms with Crippen LogP contribution in [0, 0.1) is 5.92 Å². The van der Waals surface area contributed by atoms with Crippen molar-refractivity contribution < 1.29 is 9.47 Å². The smallest absolute Gasteiger partial charge is 0.295 e. The molecule has 0 atom stereocenters. The van der Waals surface area contributed by atoms with Gasteiger partial charge in [0.25, 0.3) is 5.56 Å². The monoisotopic (exact) mass is 253 g/mol. The van der Waals surface area contributed by atoms with Gasteiger partial charge in [-0.25, -0.2) is 4.98 Å². The van der Waals surface area contributed by atoms with Gasteiger partial charge in [0.1, 0.15) is 0 Å². The molecule has 0 unspecified atom stereocenters. The number of rotatable bonds is 4. The molecule has 1 aliphatic rings. The van der Waals surface area contributed by atoms with Crippen LogP contribution >= 0.6 is 0 Å². The van der Waals surface area contributed by atoms with E-state index in [9.17, 15) is 4.79 Å². The summed E-state index contributed by atoms with van der Waals surface area (Å²) in [7, 11) is 3.22. The number of piperidine rings is 1. The second-order valence-electron chi connectivity index (χ2n) is 4.47. The van der Waals surface area contributed by atoms with Gasteiger partial charge in [0.15, 0.2) is 5.82 Å². The lowest BCUT2D eigenvalue weighted by molar-refractivity contribution is 0.139. The standard InChI is InChI=1S/C12H19N3O3/c1-17-7-9-3-5-15(6-4-9)11-10(18-2)12(16)14-8-13-11/h8-9H,3-7H2,1-2H3,(H,13,14,16). The third kappa shape index (κ3) is 2.64. The molecule has 1 N–H and O–H groups in total. The van der Waals surface area contributed by atoms with Crippen LogP contribution in [0.3, 0.4) is 0 Å². The Bertz CT molecular complexity index is 438. The largest absolute Gasteiger partial charge is 0.489 e. The molecule has 1 fully saturated rings. The highest BCUT2D eigenvalue weighted by atomic mass is 16.5. The Morgan fingerprint density at radius 1 is 1.44 bits per heavy atom. The fourth-order valence-corrected chi connectivity index (χ4v) is 2.33. The number of ether oxygens (including phenoxy) is 2. The van der Waals surface area contributed by atoms with Crippen LogP contribution in [0.15, 0.2) is 11.1 Å². The summed E-state index contributed by atoms with van der Waals surface area (Å²) >= 11 is 0. The predicted molar refractivity (Wildman–Crippen MR) is 68.2 cm³/mol. The van der Waals surface area contributed by atoms with Crippen LogP contribution in [0.25, 0.3) is 0 Å². The van der Waals surface area contributed by atoms with Crippen molar-refractivity contribution >= 4 is 5.82 Å². The first-order valence-corrected chi connectivity index (χ1v) is 6.11. The van der Waals surface area contributed by atoms with E-state index in [2.05, 4.69) is 14.9 Å². The van der Waals surface area contributed by atoms with Crippen LogP contribution < -0.4 is 15.2 Å². The Balaban J connectivity index is 2.10. The number of hydrogen-bond acceptors (Lipinski definition) is 5. The summed E-state index contributed by atoms with van der Waals surface area (Å²) in [6.45, 7) is 2.55. The number of nitrogens with one attached hydrogen (secondary N) is 1. The maximum atomic E-state index is 11.6. The highest BCUT2D eigenvalue weighted by molar-refractivity contribution is 5.50. The quantitative estimate of drug-likeness (QED) is 0.853. The van der Waals surface area contributed by atoms with Crippen molar-refractivity contribution in [3.8, 4) is 5.75 Å². The van der Waals surface area contributed by atoms with Gasteiger partial charge >= 0.3 is 0 Å². The summed E-state index contributed by atoms with van der Waals surface area (Å²) in [6.07, 6.45) is 3.51. The van der Waals surface area contributed by atoms with Gasteiger partial charge in [0, 0.05) is 26.8 Å². The summed E-state index contributed by atoms with van der Waals surface area (Å²) in [5, 5.41) is 0. The summed E-state index contributed by atoms with van der Waals surface area (Å²) in [5.74, 6) is 1.53. The first kappa shape index (κ1) is 12.9. The molecular weight excluding hydrogens is 234 g/mol. The summed E-state index contributed by atoms with van der Waals surface area (Å²) in [5.41, 5.74) is -0.235. The Kier molecular flexibility index (Phi) is 4.19. The molecule has 18 heavy (non-hydrogen) atoms. The van der Waals surface area contributed by atoms with Gasteiger partial charge in [-0.2, -0.15) is 0 Å². The van der Waals surface area contributed by atoms with E-state index in [4.69, 9.17) is 9.47 Å². The van der Waals surface area contributed by atoms with E-state index in [-0.39, 0.29) is 5.56 Å². The minimum absolute atomic E-state index is 0.235. The van der Waals surface area contributed by atoms with Gasteiger partial charge < -0.3 is 19.4 Å². The number of methoxy groups -OCH3 is 2. The van der Waals surface area contributed by atoms with Crippen molar-refractivity contribution in [2.24, 2.45) is 5.92 Å². The van der Waals surface area contributed by atoms with E-state index in [0.717, 1.165) is 32.5 Å². The van der Waals surface area contributed by atoms with Gasteiger partial charge in [-0.05, 0) is 18.8 Å². The molecule has 0 radical (unpaired) electrons. The minimum Gasteiger partial charge on any atom is -0.489 e. The van der Waals surface area contributed by atoms with E-state index in [1.807, 2.05) is 0 Å². The topological polar surface area (TPSA) is 67.5 Å². The van der Waals surface area contributed by atoms with E-state index < -0.39 is 0 Å². The molecule has 1 aliphatic heterocycles. The lowest BCUT2D eigenvalue weighted by atomic mass is 9.98. The molecule has 0 spiro atoms. The van der Waals surface area contributed by atoms with Crippen LogP contribution in [0.2, 0.25) is 0 Å². The minimum atomic E-state index is -0.235. The van der Waals surface area contributed by atoms with Gasteiger partial charge in [0.05, 0.1) is 13.4 Å². The Labute approximate surface area is 106 Å². The average Bonchev–Trinajstić information content (AvgIpc) is 2.40. The lowest BCUT2D eigenvalue weighted by Crippen LogP contribution is -2.36. The average molecular weight is 253 g/mol. The molecule has 1 aromatic heterocycles. The normalized spacial score (nSPS) is 16.9. The Morgan fingerprint density at radius 3 is 2.78 bits per heavy atom. The molecule has 0 amide bonds. The van der Waals surface area contributed by atoms with Gasteiger partial charge in [0.2, 0.25) is 5.75 Å². The number of H-pyrrole nitrogens is 1. The predicted octanol–water partition coefficient (Wildman–Crippen LogP) is 0.641. The Hall–Kier alpha value is -1.56. The SMILES string of the molecule is COCC1CCN(c2nc[nH]c(=O)c2OC)CC1. The first-order valence-electron chi connectivity index (χ1n) is 6.11. The van der Waals surface area contributed by atoms with Gasteiger partial charge in [-0.1, -0.05) is 0 Å². The third-order valence-electron chi connectivity index (χ3n) is 3.31. The molecule has 2 heterocycles. The number of anilines is 1. The molecule has 0 aromatic carbocycles. The Morgan fingerprint density at radius 2 is 2.17 bits per heavy atom. The van der Waals surface area contributed by atoms with Gasteiger partial charge in [-0.3, -0.25) is 4.79 Å². The second-order valence-corrected chi connectivity index (χ2v) is 4.47. The fourth-order valence-electron chi connectivity index (χ4n) is 2.33. The van der Waals surface area contributed by atoms with Crippen molar-refractivity contribution in [2.45, 2.75) is 12.8 Å². The van der Waals surface area contributed by atoms with E-state index in [1.54, 1.807) is 7.11 Å². The summed E-state index contributed by atoms with van der Waals surface area (Å²) < 4.78 is 10.3. The first-order chi connectivity index (χ1) is 8.76. The lowest BCUT2D eigenvalue weighted by Gasteiger charge is -2.32. The van der Waals surface area contributed by atoms with Crippen molar-refractivity contribution in [3.63, 3.8) is 0 Å². The van der Waals surface area contributed by atoms with Crippen LogP contribution in [-0.4, -0.2) is 43.9 Å². The van der Waals surface area contributed by atoms with Crippen molar-refractivity contribution in [2.75, 3.05) is 38.8 Å². The molecule has 100 valence electrons. The molecule has 0 bridgehead atoms. The van der Waals surface area contributed by atoms with Crippen LogP contribution in [0.1, 0.15) is 12.8 Å². The fraction of sp³-hybridized carbons (Fsp3) is 0.667. The molecule has 2 rings (SSSR count). The highest BCUT2D eigenvalue weighted by Crippen LogP contribution is 2.26. The molecule has 6 heteroatoms. The zero-order valence-electron chi connectivity index (χ0n) is 10.8. The number of aromatic nitrogens is 2. The van der Waals surface area contributed by atoms with E-state index in [1.165, 1.54) is 13.4 Å². The van der Waals surface area contributed by atoms with Crippen LogP contribution in [0.5, 0.6) is 5.75 Å². The number of hydrogen-bond donors (Lipinski definition) is 1. The van der Waals surface area contributed by atoms with E-state index in [0.29, 0.717) is 17.5 Å². The zero-order chi connectivity index (χ0) is 13.0. The van der Waals surface area contributed by atoms with E-state index >= 15 is 0 Å². The van der Waals surface area contributed by atoms with Crippen molar-refractivity contribution in [3.05, 3.63) is 16.7 Å². The summed E-state index contributed by atoms with van der Waals surface area (Å²) in [6, 6.07) is 0. The zero-order valence-corrected chi connectivity index (χ0v) is 10.8. The maximum Gasteiger partial charge on any atom is 0.295 e. The highest BCUT2D eigenvalue weighted by Gasteiger charge is 2.23. The molecule has 0 saturated carbocycles. The molecule has 1 aromatic rings. The van der Waals surface area contributed by atoms with Crippen LogP contribution in [0.4, 0.5) is 5.82 Å². The van der Waals surface area contributed by atoms with Crippen molar-refractivity contribution in [1.29, 1.82) is 0 Å². The third-order valence-corrected chi connectivity index (χ3v) is 3.31. The molecular formula is C12H19N3O3. The molecule has 0 aliphatic carbocycles. The number of aromatic amines is 1. The van der Waals surface area contributed by atoms with Crippen molar-refractivity contribution in [1.82, 2.24) is 9.97 Å². The molecule has 6 nitrogen and oxygen atoms in total. The summed E-state index contributed by atoms with van der Waals surface area (Å²) in [4.78, 5) is 20.5. The molecule has 1 saturated heterocycles. The van der Waals surface area contributed by atoms with Crippen LogP contribution in [-0.2, 0) is 4.74 Å². The van der Waals surface area contributed by atoms with Gasteiger partial charge in [-0.15, -0.1) is 0 Å². The second kappa shape index (κ2) is 5.86. The number of nitrogens with zero attached hydrogens (tertiary/aromatic N) is 2.